The molecule has 0 unspecified atom stereocenters. The summed E-state index contributed by atoms with van der Waals surface area (Å²) in [7, 11) is -3.76. The summed E-state index contributed by atoms with van der Waals surface area (Å²) in [6, 6.07) is 19.8. The first-order valence-corrected chi connectivity index (χ1v) is 9.72. The van der Waals surface area contributed by atoms with Crippen molar-refractivity contribution in [2.24, 2.45) is 0 Å². The van der Waals surface area contributed by atoms with E-state index in [1.54, 1.807) is 48.5 Å². The Morgan fingerprint density at radius 3 is 2.15 bits per heavy atom. The van der Waals surface area contributed by atoms with Crippen LogP contribution in [0.25, 0.3) is 0 Å². The Labute approximate surface area is 153 Å². The number of aryl methyl sites for hydroxylation is 1. The van der Waals surface area contributed by atoms with Gasteiger partial charge in [-0.2, -0.15) is 0 Å². The van der Waals surface area contributed by atoms with Gasteiger partial charge in [0.05, 0.1) is 17.1 Å². The fourth-order valence-corrected chi connectivity index (χ4v) is 4.31. The van der Waals surface area contributed by atoms with E-state index < -0.39 is 10.0 Å². The molecule has 0 atom stereocenters. The van der Waals surface area contributed by atoms with Crippen LogP contribution in [-0.2, 0) is 16.6 Å². The number of benzene rings is 3. The van der Waals surface area contributed by atoms with Gasteiger partial charge in [0.1, 0.15) is 5.82 Å². The van der Waals surface area contributed by atoms with Crippen LogP contribution in [0, 0.1) is 19.7 Å². The van der Waals surface area contributed by atoms with Gasteiger partial charge in [0, 0.05) is 0 Å². The molecule has 0 bridgehead atoms. The van der Waals surface area contributed by atoms with Crippen molar-refractivity contribution in [1.29, 1.82) is 0 Å². The van der Waals surface area contributed by atoms with E-state index in [1.807, 2.05) is 26.0 Å². The lowest BCUT2D eigenvalue weighted by Gasteiger charge is -2.27. The molecule has 26 heavy (non-hydrogen) atoms. The molecule has 0 aliphatic rings. The highest BCUT2D eigenvalue weighted by atomic mass is 32.2. The summed E-state index contributed by atoms with van der Waals surface area (Å²) < 4.78 is 41.3. The van der Waals surface area contributed by atoms with Crippen molar-refractivity contribution in [3.05, 3.63) is 95.3 Å². The number of halogens is 1. The van der Waals surface area contributed by atoms with Gasteiger partial charge in [-0.3, -0.25) is 4.31 Å². The van der Waals surface area contributed by atoms with Crippen LogP contribution in [0.3, 0.4) is 0 Å². The van der Waals surface area contributed by atoms with E-state index in [-0.39, 0.29) is 17.3 Å². The second-order valence-corrected chi connectivity index (χ2v) is 8.03. The van der Waals surface area contributed by atoms with Crippen molar-refractivity contribution in [1.82, 2.24) is 0 Å². The summed E-state index contributed by atoms with van der Waals surface area (Å²) in [5, 5.41) is 0. The maximum Gasteiger partial charge on any atom is 0.264 e. The first-order valence-electron chi connectivity index (χ1n) is 8.28. The molecule has 0 amide bonds. The van der Waals surface area contributed by atoms with E-state index in [4.69, 9.17) is 0 Å². The molecule has 5 heteroatoms. The summed E-state index contributed by atoms with van der Waals surface area (Å²) in [5.74, 6) is -0.349. The van der Waals surface area contributed by atoms with E-state index >= 15 is 0 Å². The zero-order valence-corrected chi connectivity index (χ0v) is 15.5. The molecule has 0 fully saturated rings. The van der Waals surface area contributed by atoms with E-state index in [0.717, 1.165) is 11.1 Å². The number of hydrogen-bond acceptors (Lipinski definition) is 2. The molecule has 0 aromatic heterocycles. The maximum atomic E-state index is 13.3. The normalized spacial score (nSPS) is 11.3. The van der Waals surface area contributed by atoms with Crippen molar-refractivity contribution in [2.75, 3.05) is 4.31 Å². The first-order chi connectivity index (χ1) is 12.4. The van der Waals surface area contributed by atoms with Crippen LogP contribution in [0.2, 0.25) is 0 Å². The molecule has 0 saturated carbocycles. The lowest BCUT2D eigenvalue weighted by Crippen LogP contribution is -2.31. The summed E-state index contributed by atoms with van der Waals surface area (Å²) in [6.07, 6.45) is 0. The molecule has 0 spiro atoms. The highest BCUT2D eigenvalue weighted by Gasteiger charge is 2.26. The largest absolute Gasteiger partial charge is 0.264 e. The third-order valence-electron chi connectivity index (χ3n) is 4.42. The molecule has 0 radical (unpaired) electrons. The van der Waals surface area contributed by atoms with Gasteiger partial charge in [0.25, 0.3) is 10.0 Å². The molecule has 0 aliphatic heterocycles. The molecule has 3 rings (SSSR count). The monoisotopic (exact) mass is 369 g/mol. The second kappa shape index (κ2) is 7.30. The smallest absolute Gasteiger partial charge is 0.262 e. The minimum atomic E-state index is -3.76. The van der Waals surface area contributed by atoms with E-state index in [9.17, 15) is 12.8 Å². The Morgan fingerprint density at radius 1 is 0.846 bits per heavy atom. The van der Waals surface area contributed by atoms with Crippen molar-refractivity contribution < 1.29 is 12.8 Å². The van der Waals surface area contributed by atoms with Gasteiger partial charge < -0.3 is 0 Å². The molecule has 0 heterocycles. The summed E-state index contributed by atoms with van der Waals surface area (Å²) in [6.45, 7) is 3.98. The van der Waals surface area contributed by atoms with E-state index in [1.165, 1.54) is 16.4 Å². The predicted molar refractivity (Wildman–Crippen MR) is 102 cm³/mol. The molecular weight excluding hydrogens is 349 g/mol. The minimum absolute atomic E-state index is 0.127. The quantitative estimate of drug-likeness (QED) is 0.645. The standard InChI is InChI=1S/C21H20FNO2S/c1-16-7-6-10-21(17(16)2)23(15-18-11-13-19(22)14-12-18)26(24,25)20-8-4-3-5-9-20/h3-14H,15H2,1-2H3. The lowest BCUT2D eigenvalue weighted by molar-refractivity contribution is 0.590. The highest BCUT2D eigenvalue weighted by molar-refractivity contribution is 7.92. The number of nitrogens with zero attached hydrogens (tertiary/aromatic N) is 1. The first kappa shape index (κ1) is 18.1. The van der Waals surface area contributed by atoms with Crippen LogP contribution in [0.4, 0.5) is 10.1 Å². The Kier molecular flexibility index (Phi) is 5.09. The molecule has 3 nitrogen and oxygen atoms in total. The van der Waals surface area contributed by atoms with Gasteiger partial charge in [-0.1, -0.05) is 42.5 Å². The van der Waals surface area contributed by atoms with Crippen LogP contribution < -0.4 is 4.31 Å². The van der Waals surface area contributed by atoms with E-state index in [0.29, 0.717) is 11.3 Å². The van der Waals surface area contributed by atoms with Crippen LogP contribution >= 0.6 is 0 Å². The second-order valence-electron chi connectivity index (χ2n) is 6.17. The summed E-state index contributed by atoms with van der Waals surface area (Å²) in [5.41, 5.74) is 3.24. The van der Waals surface area contributed by atoms with Crippen molar-refractivity contribution in [3.63, 3.8) is 0 Å². The Morgan fingerprint density at radius 2 is 1.50 bits per heavy atom. The van der Waals surface area contributed by atoms with Gasteiger partial charge in [0.2, 0.25) is 0 Å². The molecule has 0 N–H and O–H groups in total. The van der Waals surface area contributed by atoms with Crippen LogP contribution in [-0.4, -0.2) is 8.42 Å². The molecule has 134 valence electrons. The fourth-order valence-electron chi connectivity index (χ4n) is 2.78. The molecule has 3 aromatic carbocycles. The molecule has 0 aliphatic carbocycles. The summed E-state index contributed by atoms with van der Waals surface area (Å²) >= 11 is 0. The zero-order valence-electron chi connectivity index (χ0n) is 14.7. The number of anilines is 1. The van der Waals surface area contributed by atoms with Gasteiger partial charge in [-0.25, -0.2) is 12.8 Å². The Balaban J connectivity index is 2.13. The Bertz CT molecular complexity index is 1000. The highest BCUT2D eigenvalue weighted by Crippen LogP contribution is 2.30. The zero-order chi connectivity index (χ0) is 18.7. The van der Waals surface area contributed by atoms with Crippen LogP contribution in [0.15, 0.2) is 77.7 Å². The van der Waals surface area contributed by atoms with E-state index in [2.05, 4.69) is 0 Å². The van der Waals surface area contributed by atoms with Gasteiger partial charge in [0.15, 0.2) is 0 Å². The fraction of sp³-hybridized carbons (Fsp3) is 0.143. The van der Waals surface area contributed by atoms with Gasteiger partial charge in [-0.05, 0) is 60.9 Å². The minimum Gasteiger partial charge on any atom is -0.262 e. The third kappa shape index (κ3) is 3.63. The number of sulfonamides is 1. The number of rotatable bonds is 5. The van der Waals surface area contributed by atoms with Crippen LogP contribution in [0.5, 0.6) is 0 Å². The molecule has 0 saturated heterocycles. The topological polar surface area (TPSA) is 37.4 Å². The average molecular weight is 369 g/mol. The Hall–Kier alpha value is -2.66. The van der Waals surface area contributed by atoms with Crippen molar-refractivity contribution >= 4 is 15.7 Å². The van der Waals surface area contributed by atoms with Crippen molar-refractivity contribution in [3.8, 4) is 0 Å². The predicted octanol–water partition coefficient (Wildman–Crippen LogP) is 4.84. The number of hydrogen-bond donors (Lipinski definition) is 0. The third-order valence-corrected chi connectivity index (χ3v) is 6.19. The van der Waals surface area contributed by atoms with Crippen LogP contribution in [0.1, 0.15) is 16.7 Å². The van der Waals surface area contributed by atoms with Crippen molar-refractivity contribution in [2.45, 2.75) is 25.3 Å². The van der Waals surface area contributed by atoms with Gasteiger partial charge in [-0.15, -0.1) is 0 Å². The molecular formula is C21H20FNO2S. The van der Waals surface area contributed by atoms with Gasteiger partial charge >= 0.3 is 0 Å². The average Bonchev–Trinajstić information content (AvgIpc) is 2.64. The lowest BCUT2D eigenvalue weighted by atomic mass is 10.1. The SMILES string of the molecule is Cc1cccc(N(Cc2ccc(F)cc2)S(=O)(=O)c2ccccc2)c1C. The molecule has 3 aromatic rings. The maximum absolute atomic E-state index is 13.3. The summed E-state index contributed by atoms with van der Waals surface area (Å²) in [4.78, 5) is 0.225.